The molecule has 0 radical (unpaired) electrons. The third-order valence-corrected chi connectivity index (χ3v) is 5.83. The highest BCUT2D eigenvalue weighted by atomic mass is 35.5. The fourth-order valence-electron chi connectivity index (χ4n) is 3.71. The summed E-state index contributed by atoms with van der Waals surface area (Å²) < 4.78 is 41.8. The molecule has 3 aromatic rings. The van der Waals surface area contributed by atoms with Crippen LogP contribution in [0, 0.1) is 0 Å². The number of amidine groups is 1. The summed E-state index contributed by atoms with van der Waals surface area (Å²) in [5.74, 6) is 6.45. The third-order valence-electron chi connectivity index (χ3n) is 5.58. The van der Waals surface area contributed by atoms with Gasteiger partial charge in [-0.05, 0) is 55.2 Å². The first-order valence-corrected chi connectivity index (χ1v) is 11.4. The number of alkyl halides is 3. The number of allylic oxidation sites excluding steroid dienone is 1. The minimum Gasteiger partial charge on any atom is -0.312 e. The Bertz CT molecular complexity index is 1310. The van der Waals surface area contributed by atoms with Gasteiger partial charge in [-0.15, -0.1) is 5.10 Å². The summed E-state index contributed by atoms with van der Waals surface area (Å²) in [6, 6.07) is 12.3. The van der Waals surface area contributed by atoms with E-state index in [-0.39, 0.29) is 31.1 Å². The zero-order valence-electron chi connectivity index (χ0n) is 18.7. The van der Waals surface area contributed by atoms with Gasteiger partial charge in [-0.3, -0.25) is 4.57 Å². The molecule has 4 rings (SSSR count). The highest BCUT2D eigenvalue weighted by molar-refractivity contribution is 6.30. The number of nitrogens with zero attached hydrogens (tertiary/aromatic N) is 4. The van der Waals surface area contributed by atoms with Gasteiger partial charge in [0.25, 0.3) is 0 Å². The van der Waals surface area contributed by atoms with Gasteiger partial charge in [-0.2, -0.15) is 13.2 Å². The number of hydrazine groups is 1. The lowest BCUT2D eigenvalue weighted by Gasteiger charge is -2.10. The molecule has 184 valence electrons. The largest absolute Gasteiger partial charge is 0.416 e. The number of aliphatic imine (C=N–C) groups is 1. The lowest BCUT2D eigenvalue weighted by atomic mass is 10.1. The molecule has 3 N–H and O–H groups in total. The first-order chi connectivity index (χ1) is 16.7. The van der Waals surface area contributed by atoms with Crippen LogP contribution in [-0.2, 0) is 19.1 Å². The Kier molecular flexibility index (Phi) is 7.13. The Morgan fingerprint density at radius 3 is 2.57 bits per heavy atom. The molecule has 35 heavy (non-hydrogen) atoms. The zero-order chi connectivity index (χ0) is 25.2. The molecule has 7 nitrogen and oxygen atoms in total. The second kappa shape index (κ2) is 10.1. The predicted molar refractivity (Wildman–Crippen MR) is 129 cm³/mol. The van der Waals surface area contributed by atoms with E-state index in [0.29, 0.717) is 27.9 Å². The van der Waals surface area contributed by atoms with E-state index in [1.165, 1.54) is 10.7 Å². The van der Waals surface area contributed by atoms with Gasteiger partial charge in [-0.25, -0.2) is 20.3 Å². The Hall–Kier alpha value is -3.37. The van der Waals surface area contributed by atoms with Crippen molar-refractivity contribution in [2.45, 2.75) is 44.4 Å². The fraction of sp³-hybridized carbons (Fsp3) is 0.292. The smallest absolute Gasteiger partial charge is 0.312 e. The van der Waals surface area contributed by atoms with E-state index in [1.807, 2.05) is 12.1 Å². The molecular weight excluding hydrogens is 481 g/mol. The lowest BCUT2D eigenvalue weighted by Crippen LogP contribution is -2.31. The van der Waals surface area contributed by atoms with E-state index in [2.05, 4.69) is 22.1 Å². The number of benzene rings is 2. The summed E-state index contributed by atoms with van der Waals surface area (Å²) in [7, 11) is 0. The number of hydrogen-bond donors (Lipinski definition) is 2. The van der Waals surface area contributed by atoms with Crippen molar-refractivity contribution >= 4 is 17.4 Å². The number of hydrogen-bond acceptors (Lipinski definition) is 4. The van der Waals surface area contributed by atoms with Crippen molar-refractivity contribution in [1.82, 2.24) is 19.8 Å². The van der Waals surface area contributed by atoms with E-state index < -0.39 is 11.7 Å². The van der Waals surface area contributed by atoms with E-state index in [9.17, 15) is 18.0 Å². The third kappa shape index (κ3) is 6.01. The minimum atomic E-state index is -4.41. The number of nitrogens with two attached hydrogens (primary N) is 1. The maximum Gasteiger partial charge on any atom is 0.416 e. The number of halogens is 4. The van der Waals surface area contributed by atoms with Crippen molar-refractivity contribution in [2.75, 3.05) is 0 Å². The predicted octanol–water partition coefficient (Wildman–Crippen LogP) is 4.73. The van der Waals surface area contributed by atoms with Crippen LogP contribution < -0.4 is 17.0 Å². The summed E-state index contributed by atoms with van der Waals surface area (Å²) in [4.78, 5) is 17.4. The van der Waals surface area contributed by atoms with Crippen LogP contribution in [0.4, 0.5) is 13.2 Å². The van der Waals surface area contributed by atoms with E-state index in [4.69, 9.17) is 17.4 Å². The molecule has 0 unspecified atom stereocenters. The maximum absolute atomic E-state index is 13.0. The highest BCUT2D eigenvalue weighted by Gasteiger charge is 2.31. The Morgan fingerprint density at radius 1 is 1.23 bits per heavy atom. The maximum atomic E-state index is 13.0. The van der Waals surface area contributed by atoms with Crippen LogP contribution in [0.5, 0.6) is 0 Å². The van der Waals surface area contributed by atoms with Gasteiger partial charge in [0.1, 0.15) is 5.84 Å². The summed E-state index contributed by atoms with van der Waals surface area (Å²) >= 11 is 5.99. The normalized spacial score (nSPS) is 14.3. The number of aromatic nitrogens is 3. The molecule has 0 spiro atoms. The van der Waals surface area contributed by atoms with Crippen molar-refractivity contribution in [1.29, 1.82) is 0 Å². The van der Waals surface area contributed by atoms with Crippen LogP contribution in [0.3, 0.4) is 0 Å². The Labute approximate surface area is 204 Å². The molecule has 1 saturated carbocycles. The quantitative estimate of drug-likeness (QED) is 0.201. The lowest BCUT2D eigenvalue weighted by molar-refractivity contribution is -0.137. The average Bonchev–Trinajstić information content (AvgIpc) is 3.61. The van der Waals surface area contributed by atoms with Crippen molar-refractivity contribution < 1.29 is 13.2 Å². The second-order valence-electron chi connectivity index (χ2n) is 8.34. The summed E-state index contributed by atoms with van der Waals surface area (Å²) in [5, 5.41) is 5.09. The molecule has 2 aromatic carbocycles. The molecule has 1 fully saturated rings. The van der Waals surface area contributed by atoms with Crippen LogP contribution >= 0.6 is 11.6 Å². The molecule has 11 heteroatoms. The minimum absolute atomic E-state index is 0.0356. The van der Waals surface area contributed by atoms with Crippen LogP contribution in [0.25, 0.3) is 11.4 Å². The van der Waals surface area contributed by atoms with Gasteiger partial charge in [0.05, 0.1) is 17.8 Å². The van der Waals surface area contributed by atoms with E-state index in [1.54, 1.807) is 22.8 Å². The topological polar surface area (TPSA) is 90.2 Å². The van der Waals surface area contributed by atoms with E-state index >= 15 is 0 Å². The fourth-order valence-corrected chi connectivity index (χ4v) is 3.83. The molecule has 0 aliphatic heterocycles. The summed E-state index contributed by atoms with van der Waals surface area (Å²) in [6.45, 7) is 3.94. The monoisotopic (exact) mass is 504 g/mol. The summed E-state index contributed by atoms with van der Waals surface area (Å²) in [6.07, 6.45) is -2.05. The Balaban J connectivity index is 1.49. The second-order valence-corrected chi connectivity index (χ2v) is 8.78. The number of rotatable bonds is 8. The van der Waals surface area contributed by atoms with E-state index in [0.717, 1.165) is 30.5 Å². The molecule has 1 heterocycles. The van der Waals surface area contributed by atoms with Gasteiger partial charge in [0.15, 0.2) is 5.82 Å². The summed E-state index contributed by atoms with van der Waals surface area (Å²) in [5.41, 5.74) is 3.10. The van der Waals surface area contributed by atoms with Gasteiger partial charge in [0, 0.05) is 23.0 Å². The van der Waals surface area contributed by atoms with Crippen molar-refractivity contribution in [3.05, 3.63) is 87.4 Å². The van der Waals surface area contributed by atoms with Gasteiger partial charge in [-0.1, -0.05) is 36.4 Å². The van der Waals surface area contributed by atoms with Gasteiger partial charge >= 0.3 is 11.9 Å². The van der Waals surface area contributed by atoms with Gasteiger partial charge < -0.3 is 5.43 Å². The highest BCUT2D eigenvalue weighted by Crippen LogP contribution is 2.36. The average molecular weight is 505 g/mol. The number of nitrogens with one attached hydrogen (secondary N) is 1. The molecule has 0 saturated heterocycles. The molecule has 1 aliphatic carbocycles. The first kappa shape index (κ1) is 24.7. The molecule has 0 atom stereocenters. The molecule has 0 bridgehead atoms. The number of aryl methyl sites for hydroxylation is 1. The Morgan fingerprint density at radius 2 is 1.94 bits per heavy atom. The van der Waals surface area contributed by atoms with Crippen LogP contribution in [0.1, 0.15) is 36.4 Å². The standard InChI is InChI=1S/C24H24ClF3N6O/c1-15(30-21(31-29)12-5-16-3-2-4-18(13-16)24(26,27)28)14-33-23(35)34(20-10-11-20)22(32-33)17-6-8-19(25)9-7-17/h2-4,6-9,13,20H,1,5,10-12,14,29H2,(H,30,31). The van der Waals surface area contributed by atoms with Crippen molar-refractivity contribution in [3.63, 3.8) is 0 Å². The van der Waals surface area contributed by atoms with Crippen molar-refractivity contribution in [3.8, 4) is 11.4 Å². The first-order valence-electron chi connectivity index (χ1n) is 11.0. The van der Waals surface area contributed by atoms with Crippen LogP contribution in [0.2, 0.25) is 5.02 Å². The SMILES string of the molecule is C=C(Cn1nc(-c2ccc(Cl)cc2)n(C2CC2)c1=O)N=C(CCc1cccc(C(F)(F)F)c1)NN. The molecule has 0 amide bonds. The molecule has 1 aliphatic rings. The zero-order valence-corrected chi connectivity index (χ0v) is 19.5. The van der Waals surface area contributed by atoms with Crippen molar-refractivity contribution in [2.24, 2.45) is 10.8 Å². The molecule has 1 aromatic heterocycles. The van der Waals surface area contributed by atoms with Gasteiger partial charge in [0.2, 0.25) is 0 Å². The molecular formula is C24H24ClF3N6O. The van der Waals surface area contributed by atoms with Crippen LogP contribution in [-0.4, -0.2) is 20.2 Å². The van der Waals surface area contributed by atoms with Crippen LogP contribution in [0.15, 0.2) is 70.6 Å².